The molecule has 0 spiro atoms. The summed E-state index contributed by atoms with van der Waals surface area (Å²) in [6, 6.07) is 0. The molecule has 1 rings (SSSR count). The molecular weight excluding hydrogens is 451 g/mol. The number of rotatable bonds is 10. The molecule has 0 aromatic rings. The molecule has 1 atom stereocenters. The van der Waals surface area contributed by atoms with Crippen LogP contribution in [0, 0.1) is 5.41 Å². The van der Waals surface area contributed by atoms with Gasteiger partial charge in [0.25, 0.3) is 0 Å². The Bertz CT molecular complexity index is 700. The van der Waals surface area contributed by atoms with E-state index in [4.69, 9.17) is 23.0 Å². The first kappa shape index (κ1) is 28.0. The summed E-state index contributed by atoms with van der Waals surface area (Å²) in [5.41, 5.74) is -1.72. The minimum atomic E-state index is -4.30. The summed E-state index contributed by atoms with van der Waals surface area (Å²) in [5, 5.41) is 5.01. The maximum atomic E-state index is 12.5. The predicted molar refractivity (Wildman–Crippen MR) is 111 cm³/mol. The zero-order valence-corrected chi connectivity index (χ0v) is 20.1. The van der Waals surface area contributed by atoms with Gasteiger partial charge >= 0.3 is 186 Å². The van der Waals surface area contributed by atoms with Crippen molar-refractivity contribution in [2.24, 2.45) is 5.41 Å². The monoisotopic (exact) mass is 484 g/mol. The average molecular weight is 484 g/mol. The summed E-state index contributed by atoms with van der Waals surface area (Å²) in [6.07, 6.45) is -2.06. The average Bonchev–Trinajstić information content (AvgIpc) is 2.68. The number of ether oxygens (including phenoxy) is 3. The van der Waals surface area contributed by atoms with Crippen LogP contribution in [0.25, 0.3) is 0 Å². The van der Waals surface area contributed by atoms with E-state index in [0.29, 0.717) is 0 Å². The Morgan fingerprint density at radius 2 is 1.88 bits per heavy atom. The van der Waals surface area contributed by atoms with Crippen LogP contribution in [-0.4, -0.2) is 74.1 Å². The van der Waals surface area contributed by atoms with Crippen LogP contribution in [0.15, 0.2) is 0 Å². The van der Waals surface area contributed by atoms with E-state index in [1.165, 1.54) is 14.0 Å². The van der Waals surface area contributed by atoms with Crippen molar-refractivity contribution in [1.82, 2.24) is 10.6 Å². The van der Waals surface area contributed by atoms with Gasteiger partial charge in [-0.1, -0.05) is 0 Å². The zero-order valence-electron chi connectivity index (χ0n) is 19.1. The molecule has 186 valence electrons. The van der Waals surface area contributed by atoms with Crippen molar-refractivity contribution in [1.29, 1.82) is 0 Å². The van der Waals surface area contributed by atoms with Crippen molar-refractivity contribution in [2.45, 2.75) is 52.7 Å². The topological polar surface area (TPSA) is 168 Å². The summed E-state index contributed by atoms with van der Waals surface area (Å²) in [7, 11) is -3.06. The van der Waals surface area contributed by atoms with Crippen molar-refractivity contribution < 1.29 is 51.9 Å². The zero-order chi connectivity index (χ0) is 24.6. The van der Waals surface area contributed by atoms with Crippen LogP contribution in [0.5, 0.6) is 0 Å². The normalized spacial score (nSPS) is 20.4. The third kappa shape index (κ3) is 9.61. The van der Waals surface area contributed by atoms with E-state index in [1.807, 2.05) is 0 Å². The van der Waals surface area contributed by atoms with Gasteiger partial charge in [0, 0.05) is 0 Å². The fraction of sp³-hybridized carbons (Fsp3) is 0.778. The van der Waals surface area contributed by atoms with Gasteiger partial charge in [-0.15, -0.1) is 0 Å². The van der Waals surface area contributed by atoms with Crippen molar-refractivity contribution in [3.63, 3.8) is 0 Å². The fourth-order valence-corrected chi connectivity index (χ4v) is 4.16. The molecule has 0 unspecified atom stereocenters. The Balaban J connectivity index is 2.56. The van der Waals surface area contributed by atoms with E-state index in [9.17, 15) is 24.1 Å². The number of hydrogen-bond donors (Lipinski definition) is 3. The third-order valence-corrected chi connectivity index (χ3v) is 5.73. The van der Waals surface area contributed by atoms with Crippen LogP contribution in [0.1, 0.15) is 41.0 Å². The van der Waals surface area contributed by atoms with Gasteiger partial charge in [0.1, 0.15) is 0 Å². The van der Waals surface area contributed by atoms with Crippen molar-refractivity contribution in [3.8, 4) is 0 Å². The van der Waals surface area contributed by atoms with Crippen LogP contribution in [0.2, 0.25) is 0 Å². The Hall–Kier alpha value is -2.05. The molecule has 1 heterocycles. The number of esters is 2. The molecule has 0 aromatic heterocycles. The number of nitrogens with one attached hydrogen (secondary N) is 2. The van der Waals surface area contributed by atoms with Crippen LogP contribution >= 0.6 is 8.17 Å². The summed E-state index contributed by atoms with van der Waals surface area (Å²) < 4.78 is 30.1. The molecule has 1 fully saturated rings. The first-order valence-corrected chi connectivity index (χ1v) is 11.5. The minimum absolute atomic E-state index is 0.0234. The molecule has 1 aliphatic rings. The quantitative estimate of drug-likeness (QED) is 0.171. The second-order valence-corrected chi connectivity index (χ2v) is 10.3. The fourth-order valence-electron chi connectivity index (χ4n) is 2.45. The predicted octanol–water partition coefficient (Wildman–Crippen LogP) is 0.552. The molecule has 0 aliphatic carbocycles. The molecule has 0 radical (unpaired) electrons. The third-order valence-electron chi connectivity index (χ3n) is 4.21. The number of carbonyl (C=O) groups is 4. The summed E-state index contributed by atoms with van der Waals surface area (Å²) in [4.78, 5) is 57.0. The second-order valence-electron chi connectivity index (χ2n) is 8.40. The van der Waals surface area contributed by atoms with Crippen molar-refractivity contribution >= 4 is 32.1 Å². The van der Waals surface area contributed by atoms with Crippen LogP contribution in [0.3, 0.4) is 0 Å². The van der Waals surface area contributed by atoms with E-state index in [1.54, 1.807) is 27.7 Å². The van der Waals surface area contributed by atoms with Gasteiger partial charge in [-0.05, 0) is 0 Å². The molecular formula is C18H33N2O11P. The molecule has 3 N–H and O–H groups in total. The summed E-state index contributed by atoms with van der Waals surface area (Å²) in [5.74, 6) is -1.55. The first-order chi connectivity index (χ1) is 14.7. The summed E-state index contributed by atoms with van der Waals surface area (Å²) in [6.45, 7) is 7.02. The number of amides is 2. The Labute approximate surface area is 187 Å². The van der Waals surface area contributed by atoms with E-state index >= 15 is 0 Å². The SMILES string of the molecule is COC(=O)CCNC(=O)[C@@H]1O[PH](O)(OCOC(=O)NC(C)(C)COC(C)=O)OCC1(C)C. The summed E-state index contributed by atoms with van der Waals surface area (Å²) >= 11 is 0. The number of methoxy groups -OCH3 is 1. The van der Waals surface area contributed by atoms with Gasteiger partial charge < -0.3 is 0 Å². The number of carbonyl (C=O) groups excluding carboxylic acids is 4. The van der Waals surface area contributed by atoms with Gasteiger partial charge in [-0.3, -0.25) is 0 Å². The first-order valence-electron chi connectivity index (χ1n) is 9.81. The molecule has 13 nitrogen and oxygen atoms in total. The van der Waals surface area contributed by atoms with Crippen molar-refractivity contribution in [2.75, 3.05) is 33.7 Å². The Kier molecular flexibility index (Phi) is 10.2. The van der Waals surface area contributed by atoms with E-state index in [-0.39, 0.29) is 26.2 Å². The molecule has 32 heavy (non-hydrogen) atoms. The molecule has 0 aromatic carbocycles. The van der Waals surface area contributed by atoms with Gasteiger partial charge in [0.15, 0.2) is 0 Å². The molecule has 0 bridgehead atoms. The molecule has 1 aliphatic heterocycles. The van der Waals surface area contributed by atoms with Gasteiger partial charge in [0.2, 0.25) is 0 Å². The Morgan fingerprint density at radius 3 is 2.47 bits per heavy atom. The number of alkyl carbamates (subject to hydrolysis) is 1. The van der Waals surface area contributed by atoms with Crippen molar-refractivity contribution in [3.05, 3.63) is 0 Å². The Morgan fingerprint density at radius 1 is 1.22 bits per heavy atom. The van der Waals surface area contributed by atoms with Crippen LogP contribution in [-0.2, 0) is 42.2 Å². The maximum absolute atomic E-state index is 12.5. The van der Waals surface area contributed by atoms with Crippen LogP contribution in [0.4, 0.5) is 4.79 Å². The number of hydrogen-bond acceptors (Lipinski definition) is 11. The van der Waals surface area contributed by atoms with Gasteiger partial charge in [-0.2, -0.15) is 0 Å². The molecule has 0 saturated carbocycles. The standard InChI is InChI=1S/C18H33N2O11P/c1-12(21)27-10-18(4,5)20-16(24)28-11-30-32(25)29-9-17(2,3)14(31-32)15(23)19-8-7-13(22)26-6/h14,25,32H,7-11H2,1-6H3,(H,19,23)(H,20,24)/t14-/m0/s1. The van der Waals surface area contributed by atoms with Gasteiger partial charge in [-0.25, -0.2) is 0 Å². The van der Waals surface area contributed by atoms with E-state index in [2.05, 4.69) is 15.4 Å². The second kappa shape index (κ2) is 11.7. The molecule has 14 heteroatoms. The molecule has 1 saturated heterocycles. The van der Waals surface area contributed by atoms with E-state index < -0.39 is 56.0 Å². The van der Waals surface area contributed by atoms with Gasteiger partial charge in [0.05, 0.1) is 0 Å². The molecule has 2 amide bonds. The van der Waals surface area contributed by atoms with E-state index in [0.717, 1.165) is 0 Å². The van der Waals surface area contributed by atoms with Crippen LogP contribution < -0.4 is 10.6 Å².